The number of nitrogens with zero attached hydrogens (tertiary/aromatic N) is 3. The molecule has 0 radical (unpaired) electrons. The number of ether oxygens (including phenoxy) is 1. The molecule has 1 saturated heterocycles. The van der Waals surface area contributed by atoms with Gasteiger partial charge in [0, 0.05) is 24.2 Å². The van der Waals surface area contributed by atoms with Crippen LogP contribution in [0, 0.1) is 15.9 Å². The number of aliphatic hydroxyl groups excluding tert-OH is 1. The molecular weight excluding hydrogens is 433 g/mol. The molecule has 1 heterocycles. The second-order valence-corrected chi connectivity index (χ2v) is 7.85. The fourth-order valence-corrected chi connectivity index (χ4v) is 3.76. The van der Waals surface area contributed by atoms with Crippen molar-refractivity contribution in [3.63, 3.8) is 0 Å². The molecule has 1 aliphatic heterocycles. The highest BCUT2D eigenvalue weighted by molar-refractivity contribution is 6.46. The number of aliphatic hydroxyl groups is 1. The number of amides is 1. The molecule has 10 heteroatoms. The number of likely N-dealkylation sites (tertiary alicyclic amines) is 1. The molecule has 3 rings (SSSR count). The minimum Gasteiger partial charge on any atom is -0.507 e. The standard InChI is InChI=1S/C23H24FN3O6/c1-25(2)11-4-12-26-20(14-5-8-16(9-6-14)27(31)32)19(22(29)23(26)30)21(28)15-7-10-18(33-3)17(24)13-15/h5-10,13,20,28H,4,11-12H2,1-3H3. The number of rotatable bonds is 8. The minimum atomic E-state index is -0.974. The summed E-state index contributed by atoms with van der Waals surface area (Å²) in [6, 6.07) is 8.14. The van der Waals surface area contributed by atoms with Crippen LogP contribution in [0.2, 0.25) is 0 Å². The number of methoxy groups -OCH3 is 1. The molecule has 1 atom stereocenters. The average Bonchev–Trinajstić information content (AvgIpc) is 3.03. The Morgan fingerprint density at radius 1 is 1.21 bits per heavy atom. The van der Waals surface area contributed by atoms with Gasteiger partial charge in [0.25, 0.3) is 17.4 Å². The molecule has 2 aromatic rings. The number of non-ortho nitro benzene ring substituents is 1. The van der Waals surface area contributed by atoms with Crippen LogP contribution in [0.4, 0.5) is 10.1 Å². The Labute approximate surface area is 189 Å². The lowest BCUT2D eigenvalue weighted by atomic mass is 9.95. The molecule has 0 spiro atoms. The highest BCUT2D eigenvalue weighted by Gasteiger charge is 2.45. The van der Waals surface area contributed by atoms with Crippen molar-refractivity contribution in [3.05, 3.63) is 75.1 Å². The monoisotopic (exact) mass is 457 g/mol. The van der Waals surface area contributed by atoms with Gasteiger partial charge in [0.15, 0.2) is 11.6 Å². The Balaban J connectivity index is 2.11. The third-order valence-corrected chi connectivity index (χ3v) is 5.39. The van der Waals surface area contributed by atoms with Gasteiger partial charge in [-0.1, -0.05) is 0 Å². The van der Waals surface area contributed by atoms with E-state index < -0.39 is 34.2 Å². The normalized spacial score (nSPS) is 17.6. The lowest BCUT2D eigenvalue weighted by Crippen LogP contribution is -2.32. The number of halogens is 1. The number of nitro groups is 1. The van der Waals surface area contributed by atoms with Crippen LogP contribution in [0.15, 0.2) is 48.0 Å². The second kappa shape index (κ2) is 9.78. The molecule has 0 aliphatic carbocycles. The Kier molecular flexibility index (Phi) is 7.07. The van der Waals surface area contributed by atoms with Crippen molar-refractivity contribution in [3.8, 4) is 5.75 Å². The molecular formula is C23H24FN3O6. The number of hydrogen-bond acceptors (Lipinski definition) is 7. The molecule has 1 aliphatic rings. The van der Waals surface area contributed by atoms with Gasteiger partial charge in [0.05, 0.1) is 23.6 Å². The van der Waals surface area contributed by atoms with Crippen molar-refractivity contribution in [2.45, 2.75) is 12.5 Å². The fourth-order valence-electron chi connectivity index (χ4n) is 3.76. The summed E-state index contributed by atoms with van der Waals surface area (Å²) in [4.78, 5) is 39.6. The van der Waals surface area contributed by atoms with Crippen LogP contribution in [-0.4, -0.2) is 65.8 Å². The first-order valence-corrected chi connectivity index (χ1v) is 10.2. The maximum Gasteiger partial charge on any atom is 0.295 e. The lowest BCUT2D eigenvalue weighted by molar-refractivity contribution is -0.384. The van der Waals surface area contributed by atoms with Crippen molar-refractivity contribution in [2.24, 2.45) is 0 Å². The van der Waals surface area contributed by atoms with Gasteiger partial charge in [-0.2, -0.15) is 0 Å². The van der Waals surface area contributed by atoms with Crippen molar-refractivity contribution >= 4 is 23.1 Å². The van der Waals surface area contributed by atoms with Crippen LogP contribution < -0.4 is 4.74 Å². The summed E-state index contributed by atoms with van der Waals surface area (Å²) in [5.74, 6) is -3.02. The van der Waals surface area contributed by atoms with Crippen LogP contribution in [-0.2, 0) is 9.59 Å². The molecule has 1 unspecified atom stereocenters. The van der Waals surface area contributed by atoms with Gasteiger partial charge in [-0.25, -0.2) is 4.39 Å². The number of hydrogen-bond donors (Lipinski definition) is 1. The van der Waals surface area contributed by atoms with Crippen molar-refractivity contribution in [2.75, 3.05) is 34.3 Å². The summed E-state index contributed by atoms with van der Waals surface area (Å²) in [6.45, 7) is 0.873. The van der Waals surface area contributed by atoms with E-state index in [1.807, 2.05) is 19.0 Å². The van der Waals surface area contributed by atoms with Crippen LogP contribution in [0.25, 0.3) is 5.76 Å². The van der Waals surface area contributed by atoms with E-state index in [4.69, 9.17) is 4.74 Å². The van der Waals surface area contributed by atoms with Crippen LogP contribution in [0.1, 0.15) is 23.6 Å². The maximum atomic E-state index is 14.2. The van der Waals surface area contributed by atoms with E-state index in [-0.39, 0.29) is 29.1 Å². The predicted molar refractivity (Wildman–Crippen MR) is 118 cm³/mol. The molecule has 1 amide bonds. The largest absolute Gasteiger partial charge is 0.507 e. The van der Waals surface area contributed by atoms with E-state index in [2.05, 4.69) is 0 Å². The summed E-state index contributed by atoms with van der Waals surface area (Å²) in [6.07, 6.45) is 0.556. The van der Waals surface area contributed by atoms with E-state index in [9.17, 15) is 29.2 Å². The Morgan fingerprint density at radius 3 is 2.42 bits per heavy atom. The van der Waals surface area contributed by atoms with Crippen molar-refractivity contribution in [1.29, 1.82) is 0 Å². The molecule has 9 nitrogen and oxygen atoms in total. The predicted octanol–water partition coefficient (Wildman–Crippen LogP) is 3.12. The zero-order valence-corrected chi connectivity index (χ0v) is 18.4. The van der Waals surface area contributed by atoms with Crippen LogP contribution in [0.3, 0.4) is 0 Å². The molecule has 1 N–H and O–H groups in total. The van der Waals surface area contributed by atoms with Crippen LogP contribution >= 0.6 is 0 Å². The van der Waals surface area contributed by atoms with E-state index in [1.54, 1.807) is 0 Å². The lowest BCUT2D eigenvalue weighted by Gasteiger charge is -2.26. The number of ketones is 1. The molecule has 33 heavy (non-hydrogen) atoms. The summed E-state index contributed by atoms with van der Waals surface area (Å²) < 4.78 is 19.1. The SMILES string of the molecule is COc1ccc(C(O)=C2C(=O)C(=O)N(CCCN(C)C)C2c2ccc([N+](=O)[O-])cc2)cc1F. The summed E-state index contributed by atoms with van der Waals surface area (Å²) in [5.41, 5.74) is 0.0653. The smallest absolute Gasteiger partial charge is 0.295 e. The molecule has 2 aromatic carbocycles. The van der Waals surface area contributed by atoms with Gasteiger partial charge in [0.2, 0.25) is 0 Å². The quantitative estimate of drug-likeness (QED) is 0.213. The van der Waals surface area contributed by atoms with Gasteiger partial charge < -0.3 is 19.6 Å². The fraction of sp³-hybridized carbons (Fsp3) is 0.304. The minimum absolute atomic E-state index is 0.00602. The van der Waals surface area contributed by atoms with E-state index >= 15 is 0 Å². The first-order valence-electron chi connectivity index (χ1n) is 10.2. The topological polar surface area (TPSA) is 113 Å². The Morgan fingerprint density at radius 2 is 1.88 bits per heavy atom. The molecule has 0 bridgehead atoms. The van der Waals surface area contributed by atoms with E-state index in [0.29, 0.717) is 18.5 Å². The number of carbonyl (C=O) groups excluding carboxylic acids is 2. The van der Waals surface area contributed by atoms with Gasteiger partial charge in [-0.3, -0.25) is 19.7 Å². The third-order valence-electron chi connectivity index (χ3n) is 5.39. The molecule has 1 fully saturated rings. The van der Waals surface area contributed by atoms with Gasteiger partial charge in [-0.15, -0.1) is 0 Å². The summed E-state index contributed by atoms with van der Waals surface area (Å²) in [5, 5.41) is 22.0. The number of benzene rings is 2. The molecule has 174 valence electrons. The highest BCUT2D eigenvalue weighted by Crippen LogP contribution is 2.40. The molecule has 0 aromatic heterocycles. The zero-order chi connectivity index (χ0) is 24.3. The number of carbonyl (C=O) groups is 2. The van der Waals surface area contributed by atoms with E-state index in [1.165, 1.54) is 48.4 Å². The van der Waals surface area contributed by atoms with E-state index in [0.717, 1.165) is 6.07 Å². The Hall–Kier alpha value is -3.79. The molecule has 0 saturated carbocycles. The highest BCUT2D eigenvalue weighted by atomic mass is 19.1. The summed E-state index contributed by atoms with van der Waals surface area (Å²) in [7, 11) is 5.05. The first-order chi connectivity index (χ1) is 15.6. The Bertz CT molecular complexity index is 1110. The van der Waals surface area contributed by atoms with Gasteiger partial charge in [0.1, 0.15) is 5.76 Å². The third kappa shape index (κ3) is 4.85. The number of Topliss-reactive ketones (excluding diaryl/α,β-unsaturated/α-hetero) is 1. The first kappa shape index (κ1) is 23.9. The summed E-state index contributed by atoms with van der Waals surface area (Å²) >= 11 is 0. The average molecular weight is 457 g/mol. The van der Waals surface area contributed by atoms with Crippen molar-refractivity contribution in [1.82, 2.24) is 9.80 Å². The maximum absolute atomic E-state index is 14.2. The van der Waals surface area contributed by atoms with Gasteiger partial charge >= 0.3 is 0 Å². The van der Waals surface area contributed by atoms with Gasteiger partial charge in [-0.05, 0) is 63.0 Å². The second-order valence-electron chi connectivity index (χ2n) is 7.85. The van der Waals surface area contributed by atoms with Crippen molar-refractivity contribution < 1.29 is 28.7 Å². The zero-order valence-electron chi connectivity index (χ0n) is 18.4. The number of nitro benzene ring substituents is 1. The van der Waals surface area contributed by atoms with Crippen LogP contribution in [0.5, 0.6) is 5.75 Å².